The van der Waals surface area contributed by atoms with E-state index >= 15 is 0 Å². The number of hydrogen-bond donors (Lipinski definition) is 1. The minimum atomic E-state index is -4.05. The maximum Gasteiger partial charge on any atom is 0.341 e. The Bertz CT molecular complexity index is 817. The third-order valence-corrected chi connectivity index (χ3v) is 6.16. The number of carbonyl (C=O) groups is 2. The topological polar surface area (TPSA) is 116 Å². The summed E-state index contributed by atoms with van der Waals surface area (Å²) >= 11 is 0. The summed E-state index contributed by atoms with van der Waals surface area (Å²) in [6.45, 7) is 12.1. The molecular formula is C23H38O8S. The maximum absolute atomic E-state index is 12.7. The molecule has 1 atom stereocenters. The standard InChI is InChI=1S/C23H38O8S/c1-17(2)23(6,16-22(3,4)5)21(25)31-14-13-30-20(24)18-10-7-8-11-19(18)29-12-9-15-32(26,27)28/h7,10,17H,8-9,11-16H2,1-6H3,(H,26,27,28). The van der Waals surface area contributed by atoms with Crippen LogP contribution in [0, 0.1) is 16.7 Å². The van der Waals surface area contributed by atoms with Crippen molar-refractivity contribution in [2.24, 2.45) is 16.7 Å². The molecule has 0 saturated carbocycles. The third kappa shape index (κ3) is 9.73. The van der Waals surface area contributed by atoms with Crippen LogP contribution >= 0.6 is 0 Å². The average molecular weight is 475 g/mol. The molecule has 0 fully saturated rings. The second kappa shape index (κ2) is 11.8. The van der Waals surface area contributed by atoms with E-state index in [1.807, 2.05) is 26.8 Å². The molecular weight excluding hydrogens is 436 g/mol. The molecule has 1 aliphatic rings. The number of esters is 2. The number of ether oxygens (including phenoxy) is 3. The predicted molar refractivity (Wildman–Crippen MR) is 121 cm³/mol. The summed E-state index contributed by atoms with van der Waals surface area (Å²) in [5, 5.41) is 0. The molecule has 0 saturated heterocycles. The molecule has 1 unspecified atom stereocenters. The lowest BCUT2D eigenvalue weighted by atomic mass is 9.69. The molecule has 9 heteroatoms. The molecule has 0 radical (unpaired) electrons. The first-order valence-corrected chi connectivity index (χ1v) is 12.6. The van der Waals surface area contributed by atoms with Crippen molar-refractivity contribution in [2.45, 2.75) is 67.2 Å². The lowest BCUT2D eigenvalue weighted by Gasteiger charge is -2.36. The van der Waals surface area contributed by atoms with Crippen molar-refractivity contribution < 1.29 is 36.8 Å². The highest BCUT2D eigenvalue weighted by Gasteiger charge is 2.41. The largest absolute Gasteiger partial charge is 0.497 e. The molecule has 0 heterocycles. The van der Waals surface area contributed by atoms with Gasteiger partial charge in [-0.15, -0.1) is 0 Å². The molecule has 1 rings (SSSR count). The summed E-state index contributed by atoms with van der Waals surface area (Å²) < 4.78 is 46.6. The Morgan fingerprint density at radius 1 is 1.09 bits per heavy atom. The van der Waals surface area contributed by atoms with Gasteiger partial charge in [0.2, 0.25) is 0 Å². The zero-order chi connectivity index (χ0) is 24.6. The molecule has 0 aromatic heterocycles. The van der Waals surface area contributed by atoms with Gasteiger partial charge in [-0.25, -0.2) is 4.79 Å². The summed E-state index contributed by atoms with van der Waals surface area (Å²) in [5.74, 6) is -0.801. The Morgan fingerprint density at radius 2 is 1.72 bits per heavy atom. The van der Waals surface area contributed by atoms with Gasteiger partial charge in [-0.3, -0.25) is 9.35 Å². The summed E-state index contributed by atoms with van der Waals surface area (Å²) in [7, 11) is -4.05. The van der Waals surface area contributed by atoms with E-state index in [2.05, 4.69) is 20.8 Å². The van der Waals surface area contributed by atoms with Crippen LogP contribution in [0.4, 0.5) is 0 Å². The maximum atomic E-state index is 12.7. The molecule has 0 aliphatic heterocycles. The van der Waals surface area contributed by atoms with Crippen LogP contribution in [0.3, 0.4) is 0 Å². The first-order valence-electron chi connectivity index (χ1n) is 11.0. The fraction of sp³-hybridized carbons (Fsp3) is 0.739. The van der Waals surface area contributed by atoms with E-state index in [9.17, 15) is 18.0 Å². The van der Waals surface area contributed by atoms with E-state index < -0.39 is 27.3 Å². The highest BCUT2D eigenvalue weighted by atomic mass is 32.2. The van der Waals surface area contributed by atoms with Gasteiger partial charge < -0.3 is 14.2 Å². The highest BCUT2D eigenvalue weighted by Crippen LogP contribution is 2.40. The Labute approximate surface area is 192 Å². The zero-order valence-corrected chi connectivity index (χ0v) is 20.9. The van der Waals surface area contributed by atoms with Crippen LogP contribution in [-0.4, -0.2) is 50.5 Å². The van der Waals surface area contributed by atoms with E-state index in [1.165, 1.54) is 0 Å². The van der Waals surface area contributed by atoms with Crippen molar-refractivity contribution >= 4 is 22.1 Å². The quantitative estimate of drug-likeness (QED) is 0.256. The van der Waals surface area contributed by atoms with Crippen LogP contribution in [0.25, 0.3) is 0 Å². The van der Waals surface area contributed by atoms with Crippen molar-refractivity contribution in [1.29, 1.82) is 0 Å². The van der Waals surface area contributed by atoms with Crippen LogP contribution < -0.4 is 0 Å². The molecule has 184 valence electrons. The normalized spacial score (nSPS) is 16.6. The van der Waals surface area contributed by atoms with E-state index in [-0.39, 0.29) is 49.1 Å². The number of carbonyl (C=O) groups excluding carboxylic acids is 2. The second-order valence-electron chi connectivity index (χ2n) is 9.85. The molecule has 0 aromatic rings. The zero-order valence-electron chi connectivity index (χ0n) is 20.1. The fourth-order valence-electron chi connectivity index (χ4n) is 3.54. The van der Waals surface area contributed by atoms with Crippen molar-refractivity contribution in [3.05, 3.63) is 23.5 Å². The molecule has 0 aromatic carbocycles. The van der Waals surface area contributed by atoms with Gasteiger partial charge in [0.1, 0.15) is 19.0 Å². The molecule has 32 heavy (non-hydrogen) atoms. The van der Waals surface area contributed by atoms with Crippen molar-refractivity contribution in [3.63, 3.8) is 0 Å². The minimum Gasteiger partial charge on any atom is -0.497 e. The smallest absolute Gasteiger partial charge is 0.341 e. The Balaban J connectivity index is 2.59. The number of allylic oxidation sites excluding steroid dienone is 2. The fourth-order valence-corrected chi connectivity index (χ4v) is 4.02. The molecule has 0 amide bonds. The van der Waals surface area contributed by atoms with Crippen molar-refractivity contribution in [3.8, 4) is 0 Å². The van der Waals surface area contributed by atoms with Gasteiger partial charge >= 0.3 is 11.9 Å². The Hall–Kier alpha value is -1.87. The Morgan fingerprint density at radius 3 is 2.28 bits per heavy atom. The summed E-state index contributed by atoms with van der Waals surface area (Å²) in [4.78, 5) is 25.2. The van der Waals surface area contributed by atoms with Gasteiger partial charge in [0.05, 0.1) is 23.3 Å². The molecule has 8 nitrogen and oxygen atoms in total. The average Bonchev–Trinajstić information content (AvgIpc) is 2.66. The predicted octanol–water partition coefficient (Wildman–Crippen LogP) is 4.07. The highest BCUT2D eigenvalue weighted by molar-refractivity contribution is 7.85. The lowest BCUT2D eigenvalue weighted by molar-refractivity contribution is -0.163. The van der Waals surface area contributed by atoms with Gasteiger partial charge in [-0.2, -0.15) is 8.42 Å². The first kappa shape index (κ1) is 28.2. The van der Waals surface area contributed by atoms with Crippen LogP contribution in [0.15, 0.2) is 23.5 Å². The van der Waals surface area contributed by atoms with Crippen molar-refractivity contribution in [2.75, 3.05) is 25.6 Å². The summed E-state index contributed by atoms with van der Waals surface area (Å²) in [5.41, 5.74) is -0.420. The van der Waals surface area contributed by atoms with Crippen molar-refractivity contribution in [1.82, 2.24) is 0 Å². The first-order chi connectivity index (χ1) is 14.7. The van der Waals surface area contributed by atoms with Gasteiger partial charge in [-0.1, -0.05) is 40.7 Å². The molecule has 1 aliphatic carbocycles. The molecule has 0 bridgehead atoms. The van der Waals surface area contributed by atoms with E-state index in [0.29, 0.717) is 25.0 Å². The molecule has 1 N–H and O–H groups in total. The SMILES string of the molecule is CC(C)C(C)(CC(C)(C)C)C(=O)OCCOC(=O)C1=C(OCCCS(=O)(=O)O)CCC=C1. The van der Waals surface area contributed by atoms with Crippen LogP contribution in [0.1, 0.15) is 67.2 Å². The second-order valence-corrected chi connectivity index (χ2v) is 11.4. The van der Waals surface area contributed by atoms with Gasteiger partial charge in [0.25, 0.3) is 10.1 Å². The summed E-state index contributed by atoms with van der Waals surface area (Å²) in [6.07, 6.45) is 5.38. The minimum absolute atomic E-state index is 0.0396. The monoisotopic (exact) mass is 474 g/mol. The van der Waals surface area contributed by atoms with Gasteiger partial charge in [-0.05, 0) is 43.6 Å². The molecule has 0 spiro atoms. The van der Waals surface area contributed by atoms with E-state index in [1.54, 1.807) is 6.08 Å². The van der Waals surface area contributed by atoms with Crippen LogP contribution in [0.5, 0.6) is 0 Å². The Kier molecular flexibility index (Phi) is 10.4. The summed E-state index contributed by atoms with van der Waals surface area (Å²) in [6, 6.07) is 0. The van der Waals surface area contributed by atoms with Crippen LogP contribution in [-0.2, 0) is 33.9 Å². The number of hydrogen-bond acceptors (Lipinski definition) is 7. The van der Waals surface area contributed by atoms with E-state index in [0.717, 1.165) is 0 Å². The van der Waals surface area contributed by atoms with Gasteiger partial charge in [0.15, 0.2) is 0 Å². The van der Waals surface area contributed by atoms with E-state index in [4.69, 9.17) is 18.8 Å². The van der Waals surface area contributed by atoms with Crippen LogP contribution in [0.2, 0.25) is 0 Å². The number of rotatable bonds is 12. The van der Waals surface area contributed by atoms with Gasteiger partial charge in [0, 0.05) is 6.42 Å². The lowest BCUT2D eigenvalue weighted by Crippen LogP contribution is -2.39. The third-order valence-electron chi connectivity index (χ3n) is 5.35.